The maximum absolute atomic E-state index is 6.23. The zero-order valence-electron chi connectivity index (χ0n) is 30.2. The maximum atomic E-state index is 6.23. The Bertz CT molecular complexity index is 573. The third kappa shape index (κ3) is 35.7. The highest BCUT2D eigenvalue weighted by Crippen LogP contribution is 2.14. The largest absolute Gasteiger partial charge is 0.379 e. The fourth-order valence-corrected chi connectivity index (χ4v) is 5.69. The minimum atomic E-state index is 0.196. The van der Waals surface area contributed by atoms with Crippen LogP contribution in [-0.4, -0.2) is 51.5 Å². The first-order valence-electron chi connectivity index (χ1n) is 19.3. The number of hydrogen-bond acceptors (Lipinski definition) is 3. The van der Waals surface area contributed by atoms with Gasteiger partial charge in [-0.1, -0.05) is 148 Å². The lowest BCUT2D eigenvalue weighted by atomic mass is 10.0. The first kappa shape index (κ1) is 42.4. The Morgan fingerprint density at radius 1 is 0.535 bits per heavy atom. The molecule has 2 unspecified atom stereocenters. The van der Waals surface area contributed by atoms with E-state index in [1.165, 1.54) is 161 Å². The predicted molar refractivity (Wildman–Crippen MR) is 193 cm³/mol. The van der Waals surface area contributed by atoms with Crippen molar-refractivity contribution in [2.45, 2.75) is 187 Å². The maximum Gasteiger partial charge on any atom is 0.0934 e. The SMILES string of the molecule is CCCCCC=CCCCCCCCCCCOCC(CN(C)C)OCCCCCCCCC=CC(C)CCCCCC. The van der Waals surface area contributed by atoms with Crippen LogP contribution in [0.3, 0.4) is 0 Å². The van der Waals surface area contributed by atoms with Gasteiger partial charge in [0, 0.05) is 19.8 Å². The molecule has 0 amide bonds. The summed E-state index contributed by atoms with van der Waals surface area (Å²) in [5.74, 6) is 0.756. The summed E-state index contributed by atoms with van der Waals surface area (Å²) >= 11 is 0. The zero-order valence-corrected chi connectivity index (χ0v) is 30.2. The topological polar surface area (TPSA) is 21.7 Å². The summed E-state index contributed by atoms with van der Waals surface area (Å²) in [6.07, 6.45) is 43.3. The van der Waals surface area contributed by atoms with Gasteiger partial charge in [-0.05, 0) is 77.8 Å². The average molecular weight is 606 g/mol. The number of allylic oxidation sites excluding steroid dienone is 4. The van der Waals surface area contributed by atoms with Gasteiger partial charge in [0.2, 0.25) is 0 Å². The summed E-state index contributed by atoms with van der Waals surface area (Å²) < 4.78 is 12.3. The summed E-state index contributed by atoms with van der Waals surface area (Å²) in [5, 5.41) is 0. The second-order valence-corrected chi connectivity index (χ2v) is 13.6. The van der Waals surface area contributed by atoms with Gasteiger partial charge in [-0.2, -0.15) is 0 Å². The Balaban J connectivity index is 3.58. The number of likely N-dealkylation sites (N-methyl/N-ethyl adjacent to an activating group) is 1. The minimum absolute atomic E-state index is 0.196. The first-order chi connectivity index (χ1) is 21.1. The normalized spacial score (nSPS) is 13.6. The monoisotopic (exact) mass is 606 g/mol. The van der Waals surface area contributed by atoms with E-state index in [9.17, 15) is 0 Å². The van der Waals surface area contributed by atoms with E-state index in [0.29, 0.717) is 0 Å². The average Bonchev–Trinajstić information content (AvgIpc) is 2.99. The van der Waals surface area contributed by atoms with Crippen molar-refractivity contribution in [1.82, 2.24) is 4.90 Å². The van der Waals surface area contributed by atoms with Crippen molar-refractivity contribution < 1.29 is 9.47 Å². The van der Waals surface area contributed by atoms with Crippen molar-refractivity contribution in [3.8, 4) is 0 Å². The Labute approximate surface area is 272 Å². The number of ether oxygens (including phenoxy) is 2. The van der Waals surface area contributed by atoms with Crippen LogP contribution in [0.2, 0.25) is 0 Å². The molecule has 3 nitrogen and oxygen atoms in total. The fourth-order valence-electron chi connectivity index (χ4n) is 5.69. The van der Waals surface area contributed by atoms with Crippen LogP contribution >= 0.6 is 0 Å². The molecular weight excluding hydrogens is 526 g/mol. The van der Waals surface area contributed by atoms with Gasteiger partial charge in [-0.3, -0.25) is 0 Å². The summed E-state index contributed by atoms with van der Waals surface area (Å²) in [5.41, 5.74) is 0. The molecule has 0 bridgehead atoms. The van der Waals surface area contributed by atoms with E-state index < -0.39 is 0 Å². The number of nitrogens with zero attached hydrogens (tertiary/aromatic N) is 1. The molecule has 43 heavy (non-hydrogen) atoms. The Hall–Kier alpha value is -0.640. The van der Waals surface area contributed by atoms with Crippen LogP contribution in [0.1, 0.15) is 181 Å². The number of rotatable bonds is 35. The lowest BCUT2D eigenvalue weighted by Gasteiger charge is -2.21. The molecule has 0 rings (SSSR count). The molecule has 3 heteroatoms. The van der Waals surface area contributed by atoms with Gasteiger partial charge in [-0.15, -0.1) is 0 Å². The van der Waals surface area contributed by atoms with E-state index in [-0.39, 0.29) is 6.10 Å². The van der Waals surface area contributed by atoms with Crippen LogP contribution in [0.4, 0.5) is 0 Å². The molecule has 0 heterocycles. The molecule has 0 aromatic carbocycles. The Kier molecular flexibility index (Phi) is 35.3. The summed E-state index contributed by atoms with van der Waals surface area (Å²) in [6, 6.07) is 0. The van der Waals surface area contributed by atoms with Crippen LogP contribution < -0.4 is 0 Å². The van der Waals surface area contributed by atoms with E-state index in [0.717, 1.165) is 32.3 Å². The van der Waals surface area contributed by atoms with E-state index in [2.05, 4.69) is 64.1 Å². The van der Waals surface area contributed by atoms with Crippen molar-refractivity contribution in [1.29, 1.82) is 0 Å². The van der Waals surface area contributed by atoms with Crippen molar-refractivity contribution >= 4 is 0 Å². The molecule has 256 valence electrons. The smallest absolute Gasteiger partial charge is 0.0934 e. The van der Waals surface area contributed by atoms with Gasteiger partial charge in [0.1, 0.15) is 0 Å². The van der Waals surface area contributed by atoms with Crippen LogP contribution in [-0.2, 0) is 9.47 Å². The highest BCUT2D eigenvalue weighted by molar-refractivity contribution is 4.86. The number of unbranched alkanes of at least 4 members (excludes halogenated alkanes) is 20. The van der Waals surface area contributed by atoms with Crippen LogP contribution in [0.25, 0.3) is 0 Å². The van der Waals surface area contributed by atoms with Crippen molar-refractivity contribution in [2.75, 3.05) is 40.5 Å². The third-order valence-corrected chi connectivity index (χ3v) is 8.52. The van der Waals surface area contributed by atoms with Gasteiger partial charge < -0.3 is 14.4 Å². The van der Waals surface area contributed by atoms with E-state index in [1.54, 1.807) is 0 Å². The first-order valence-corrected chi connectivity index (χ1v) is 19.3. The van der Waals surface area contributed by atoms with E-state index >= 15 is 0 Å². The molecule has 0 aromatic heterocycles. The molecule has 0 spiro atoms. The van der Waals surface area contributed by atoms with Crippen LogP contribution in [0.15, 0.2) is 24.3 Å². The van der Waals surface area contributed by atoms with Crippen molar-refractivity contribution in [3.05, 3.63) is 24.3 Å². The lowest BCUT2D eigenvalue weighted by Crippen LogP contribution is -2.32. The zero-order chi connectivity index (χ0) is 31.5. The molecule has 0 aliphatic rings. The van der Waals surface area contributed by atoms with Crippen LogP contribution in [0, 0.1) is 5.92 Å². The van der Waals surface area contributed by atoms with E-state index in [4.69, 9.17) is 9.47 Å². The molecule has 0 aliphatic heterocycles. The number of hydrogen-bond donors (Lipinski definition) is 0. The molecule has 0 N–H and O–H groups in total. The Morgan fingerprint density at radius 3 is 1.58 bits per heavy atom. The van der Waals surface area contributed by atoms with Crippen molar-refractivity contribution in [2.24, 2.45) is 5.92 Å². The molecule has 0 saturated heterocycles. The second kappa shape index (κ2) is 35.8. The summed E-state index contributed by atoms with van der Waals surface area (Å²) in [7, 11) is 4.26. The van der Waals surface area contributed by atoms with Gasteiger partial charge in [-0.25, -0.2) is 0 Å². The molecule has 0 fully saturated rings. The van der Waals surface area contributed by atoms with Gasteiger partial charge in [0.05, 0.1) is 12.7 Å². The van der Waals surface area contributed by atoms with Gasteiger partial charge >= 0.3 is 0 Å². The molecule has 0 saturated carbocycles. The van der Waals surface area contributed by atoms with E-state index in [1.807, 2.05) is 0 Å². The molecule has 0 aromatic rings. The molecule has 2 atom stereocenters. The van der Waals surface area contributed by atoms with Gasteiger partial charge in [0.25, 0.3) is 0 Å². The Morgan fingerprint density at radius 2 is 1.00 bits per heavy atom. The molecular formula is C40H79NO2. The van der Waals surface area contributed by atoms with Crippen LogP contribution in [0.5, 0.6) is 0 Å². The highest BCUT2D eigenvalue weighted by atomic mass is 16.5. The molecule has 0 aliphatic carbocycles. The summed E-state index contributed by atoms with van der Waals surface area (Å²) in [6.45, 7) is 10.4. The second-order valence-electron chi connectivity index (χ2n) is 13.6. The predicted octanol–water partition coefficient (Wildman–Crippen LogP) is 12.5. The highest BCUT2D eigenvalue weighted by Gasteiger charge is 2.10. The minimum Gasteiger partial charge on any atom is -0.379 e. The van der Waals surface area contributed by atoms with Gasteiger partial charge in [0.15, 0.2) is 0 Å². The molecule has 0 radical (unpaired) electrons. The quantitative estimate of drug-likeness (QED) is 0.0530. The fraction of sp³-hybridized carbons (Fsp3) is 0.900. The standard InChI is InChI=1S/C40H79NO2/c1-6-8-10-12-13-14-15-16-17-18-19-21-24-27-31-35-42-38-40(37-41(4)5)43-36-32-28-25-22-20-23-26-30-34-39(3)33-29-11-9-7-2/h13-14,30,34,39-40H,6-12,15-29,31-33,35-38H2,1-5H3. The lowest BCUT2D eigenvalue weighted by molar-refractivity contribution is -0.0287. The summed E-state index contributed by atoms with van der Waals surface area (Å²) in [4.78, 5) is 2.22. The third-order valence-electron chi connectivity index (χ3n) is 8.52. The van der Waals surface area contributed by atoms with Crippen molar-refractivity contribution in [3.63, 3.8) is 0 Å².